The number of aromatic hydroxyl groups is 1. The molecule has 2 saturated carbocycles. The third-order valence-corrected chi connectivity index (χ3v) is 11.4. The van der Waals surface area contributed by atoms with Crippen LogP contribution in [0.15, 0.2) is 58.4 Å². The first-order chi connectivity index (χ1) is 19.5. The van der Waals surface area contributed by atoms with E-state index in [1.807, 2.05) is 12.1 Å². The molecule has 1 aromatic heterocycles. The lowest BCUT2D eigenvalue weighted by atomic mass is 9.68. The summed E-state index contributed by atoms with van der Waals surface area (Å²) in [6, 6.07) is 11.0. The van der Waals surface area contributed by atoms with Gasteiger partial charge < -0.3 is 15.4 Å². The monoisotopic (exact) mass is 601 g/mol. The Kier molecular flexibility index (Phi) is 5.92. The number of likely N-dealkylation sites (tertiary alicyclic amines) is 1. The van der Waals surface area contributed by atoms with Crippen LogP contribution in [0.2, 0.25) is 0 Å². The number of H-pyrrole nitrogens is 1. The maximum Gasteiger partial charge on any atom is 0.416 e. The highest BCUT2D eigenvalue weighted by molar-refractivity contribution is 8.00. The van der Waals surface area contributed by atoms with Crippen LogP contribution in [0.3, 0.4) is 0 Å². The van der Waals surface area contributed by atoms with E-state index >= 15 is 0 Å². The molecule has 2 aliphatic heterocycles. The van der Waals surface area contributed by atoms with Gasteiger partial charge in [0.05, 0.1) is 22.4 Å². The predicted octanol–water partition coefficient (Wildman–Crippen LogP) is 4.27. The van der Waals surface area contributed by atoms with Gasteiger partial charge in [-0.25, -0.2) is 0 Å². The highest BCUT2D eigenvalue weighted by atomic mass is 32.2. The van der Waals surface area contributed by atoms with E-state index in [1.54, 1.807) is 12.1 Å². The van der Waals surface area contributed by atoms with Crippen LogP contribution >= 0.6 is 23.1 Å². The van der Waals surface area contributed by atoms with E-state index in [9.17, 15) is 37.5 Å². The number of rotatable bonds is 4. The Balaban J connectivity index is 1.15. The molecule has 2 aromatic carbocycles. The van der Waals surface area contributed by atoms with Gasteiger partial charge in [-0.1, -0.05) is 29.5 Å². The first-order valence-corrected chi connectivity index (χ1v) is 14.7. The topological polar surface area (TPSA) is 120 Å². The molecule has 7 atom stereocenters. The molecule has 2 aliphatic carbocycles. The molecule has 0 spiro atoms. The van der Waals surface area contributed by atoms with Gasteiger partial charge in [0, 0.05) is 21.7 Å². The number of phenolic OH excluding ortho intramolecular Hbond substituents is 1. The molecule has 8 nitrogen and oxygen atoms in total. The number of hydrogen-bond acceptors (Lipinski definition) is 7. The molecule has 4 aliphatic rings. The normalized spacial score (nSPS) is 29.8. The third-order valence-electron chi connectivity index (χ3n) is 8.84. The lowest BCUT2D eigenvalue weighted by molar-refractivity contribution is -0.143. The van der Waals surface area contributed by atoms with Crippen molar-refractivity contribution in [2.24, 2.45) is 29.6 Å². The second kappa shape index (κ2) is 9.21. The third kappa shape index (κ3) is 4.11. The van der Waals surface area contributed by atoms with Crippen molar-refractivity contribution in [3.63, 3.8) is 0 Å². The molecule has 7 rings (SSSR count). The summed E-state index contributed by atoms with van der Waals surface area (Å²) in [4.78, 5) is 56.9. The Hall–Kier alpha value is -3.58. The molecule has 7 unspecified atom stereocenters. The van der Waals surface area contributed by atoms with E-state index < -0.39 is 47.8 Å². The number of imide groups is 1. The summed E-state index contributed by atoms with van der Waals surface area (Å²) >= 11 is 2.67. The van der Waals surface area contributed by atoms with Gasteiger partial charge in [0.2, 0.25) is 17.7 Å². The lowest BCUT2D eigenvalue weighted by Crippen LogP contribution is -2.42. The molecule has 3 heterocycles. The molecule has 3 fully saturated rings. The maximum absolute atomic E-state index is 13.7. The Morgan fingerprint density at radius 3 is 2.46 bits per heavy atom. The number of aromatic amines is 1. The number of benzene rings is 2. The van der Waals surface area contributed by atoms with Crippen molar-refractivity contribution in [1.82, 2.24) is 9.88 Å². The smallest absolute Gasteiger partial charge is 0.416 e. The number of hydrogen-bond donors (Lipinski definition) is 3. The van der Waals surface area contributed by atoms with Crippen molar-refractivity contribution in [2.75, 3.05) is 11.9 Å². The molecule has 13 heteroatoms. The first kappa shape index (κ1) is 26.3. The molecule has 0 radical (unpaired) electrons. The van der Waals surface area contributed by atoms with Crippen molar-refractivity contribution < 1.29 is 32.7 Å². The number of amides is 3. The van der Waals surface area contributed by atoms with Gasteiger partial charge in [-0.05, 0) is 60.1 Å². The van der Waals surface area contributed by atoms with Crippen molar-refractivity contribution >= 4 is 46.5 Å². The van der Waals surface area contributed by atoms with Crippen LogP contribution in [0, 0.1) is 29.6 Å². The minimum absolute atomic E-state index is 0.0339. The van der Waals surface area contributed by atoms with Gasteiger partial charge in [-0.2, -0.15) is 13.2 Å². The van der Waals surface area contributed by atoms with Gasteiger partial charge in [0.25, 0.3) is 0 Å². The minimum Gasteiger partial charge on any atom is -0.508 e. The second-order valence-corrected chi connectivity index (χ2v) is 13.1. The summed E-state index contributed by atoms with van der Waals surface area (Å²) in [7, 11) is 0. The average molecular weight is 602 g/mol. The number of carbonyl (C=O) groups excluding carboxylic acids is 3. The van der Waals surface area contributed by atoms with Crippen LogP contribution in [-0.4, -0.2) is 44.5 Å². The zero-order chi connectivity index (χ0) is 28.8. The van der Waals surface area contributed by atoms with Crippen molar-refractivity contribution in [3.8, 4) is 5.75 Å². The molecule has 212 valence electrons. The SMILES string of the molecule is O=C(CN1C(=O)C2C3CC(C2C1=O)C1C(c2ccc(O)cc2)c2sc(=O)[nH]c2SC31)Nc1cccc(C(F)(F)F)c1. The second-order valence-electron chi connectivity index (χ2n) is 10.9. The average Bonchev–Trinajstić information content (AvgIpc) is 3.65. The van der Waals surface area contributed by atoms with Crippen molar-refractivity contribution in [2.45, 2.75) is 28.8 Å². The maximum atomic E-state index is 13.7. The molecular formula is C28H22F3N3O5S2. The molecule has 3 N–H and O–H groups in total. The Morgan fingerprint density at radius 2 is 1.76 bits per heavy atom. The van der Waals surface area contributed by atoms with Crippen LogP contribution < -0.4 is 10.2 Å². The van der Waals surface area contributed by atoms with E-state index in [-0.39, 0.29) is 45.2 Å². The van der Waals surface area contributed by atoms with E-state index in [1.165, 1.54) is 23.9 Å². The van der Waals surface area contributed by atoms with Gasteiger partial charge in [0.1, 0.15) is 12.3 Å². The number of halogens is 3. The number of alkyl halides is 3. The van der Waals surface area contributed by atoms with Crippen LogP contribution in [0.1, 0.15) is 28.3 Å². The van der Waals surface area contributed by atoms with Crippen LogP contribution in [-0.2, 0) is 20.6 Å². The number of nitrogens with zero attached hydrogens (tertiary/aromatic N) is 1. The van der Waals surface area contributed by atoms with E-state index in [0.29, 0.717) is 6.42 Å². The van der Waals surface area contributed by atoms with Crippen molar-refractivity contribution in [3.05, 3.63) is 74.2 Å². The fourth-order valence-electron chi connectivity index (χ4n) is 7.41. The summed E-state index contributed by atoms with van der Waals surface area (Å²) in [6.07, 6.45) is -3.91. The first-order valence-electron chi connectivity index (χ1n) is 13.0. The Bertz CT molecular complexity index is 1650. The van der Waals surface area contributed by atoms with Crippen LogP contribution in [0.4, 0.5) is 18.9 Å². The number of anilines is 1. The Morgan fingerprint density at radius 1 is 1.05 bits per heavy atom. The summed E-state index contributed by atoms with van der Waals surface area (Å²) in [5.74, 6) is -3.23. The molecular weight excluding hydrogens is 579 g/mol. The summed E-state index contributed by atoms with van der Waals surface area (Å²) < 4.78 is 39.2. The highest BCUT2D eigenvalue weighted by Gasteiger charge is 2.69. The zero-order valence-corrected chi connectivity index (χ0v) is 22.7. The summed E-state index contributed by atoms with van der Waals surface area (Å²) in [5, 5.41) is 13.0. The number of thioether (sulfide) groups is 1. The largest absolute Gasteiger partial charge is 0.508 e. The summed E-state index contributed by atoms with van der Waals surface area (Å²) in [5.41, 5.74) is -0.0934. The number of carbonyl (C=O) groups is 3. The zero-order valence-electron chi connectivity index (χ0n) is 21.1. The number of aromatic nitrogens is 1. The molecule has 41 heavy (non-hydrogen) atoms. The molecule has 2 bridgehead atoms. The minimum atomic E-state index is -4.58. The predicted molar refractivity (Wildman–Crippen MR) is 143 cm³/mol. The van der Waals surface area contributed by atoms with E-state index in [4.69, 9.17) is 0 Å². The van der Waals surface area contributed by atoms with Gasteiger partial charge in [0.15, 0.2) is 0 Å². The van der Waals surface area contributed by atoms with Gasteiger partial charge in [-0.15, -0.1) is 11.8 Å². The molecule has 1 saturated heterocycles. The Labute approximate surface area is 238 Å². The van der Waals surface area contributed by atoms with Gasteiger partial charge in [-0.3, -0.25) is 24.1 Å². The van der Waals surface area contributed by atoms with Crippen LogP contribution in [0.5, 0.6) is 5.75 Å². The lowest BCUT2D eigenvalue weighted by Gasteiger charge is -2.43. The summed E-state index contributed by atoms with van der Waals surface area (Å²) in [6.45, 7) is -0.578. The van der Waals surface area contributed by atoms with Crippen LogP contribution in [0.25, 0.3) is 0 Å². The fourth-order valence-corrected chi connectivity index (χ4v) is 10.3. The number of nitrogens with one attached hydrogen (secondary N) is 2. The van der Waals surface area contributed by atoms with E-state index in [0.717, 1.165) is 43.8 Å². The number of phenols is 1. The fraction of sp³-hybridized carbons (Fsp3) is 0.357. The van der Waals surface area contributed by atoms with Gasteiger partial charge >= 0.3 is 11.0 Å². The number of fused-ring (bicyclic) bond motifs is 9. The quantitative estimate of drug-likeness (QED) is 0.385. The molecule has 3 aromatic rings. The van der Waals surface area contributed by atoms with Crippen molar-refractivity contribution in [1.29, 1.82) is 0 Å². The number of thiazole rings is 1. The highest BCUT2D eigenvalue weighted by Crippen LogP contribution is 2.68. The molecule has 3 amide bonds. The standard InChI is InChI=1S/C28H22F3N3O5S2/c29-28(30,31)12-2-1-3-13(8-12)32-17(36)10-34-25(37)20-15-9-16(21(20)26(34)38)22-19(15)18(11-4-6-14(35)7-5-11)23-24(40-22)33-27(39)41-23/h1-8,15-16,18-22,35H,9-10H2,(H,32,36)(H,33,39). The van der Waals surface area contributed by atoms with E-state index in [2.05, 4.69) is 10.3 Å².